The second kappa shape index (κ2) is 13.1. The van der Waals surface area contributed by atoms with E-state index in [0.717, 1.165) is 12.8 Å². The average molecular weight is 487 g/mol. The van der Waals surface area contributed by atoms with E-state index in [1.165, 1.54) is 0 Å². The van der Waals surface area contributed by atoms with Crippen LogP contribution in [0.2, 0.25) is 0 Å². The molecule has 7 nitrogen and oxygen atoms in total. The monoisotopic (exact) mass is 486 g/mol. The molecule has 2 amide bonds. The number of carbonyl (C=O) groups excluding carboxylic acids is 2. The van der Waals surface area contributed by atoms with Crippen LogP contribution >= 0.6 is 0 Å². The SMILES string of the molecule is CC.CCC(C)OC(C)(C)CC(C)(C)NC(=O)C1CCCN1C(=O)OC(C)(C)CC(C)(C)OC. The number of carbonyl (C=O) groups is 2. The van der Waals surface area contributed by atoms with E-state index < -0.39 is 28.9 Å². The van der Waals surface area contributed by atoms with Gasteiger partial charge < -0.3 is 19.5 Å². The van der Waals surface area contributed by atoms with E-state index >= 15 is 0 Å². The summed E-state index contributed by atoms with van der Waals surface area (Å²) in [7, 11) is 1.65. The molecule has 1 fully saturated rings. The lowest BCUT2D eigenvalue weighted by Crippen LogP contribution is -2.55. The van der Waals surface area contributed by atoms with E-state index in [1.807, 2.05) is 55.4 Å². The van der Waals surface area contributed by atoms with Crippen LogP contribution in [0.15, 0.2) is 0 Å². The van der Waals surface area contributed by atoms with E-state index in [4.69, 9.17) is 14.2 Å². The van der Waals surface area contributed by atoms with E-state index in [0.29, 0.717) is 25.8 Å². The molecular weight excluding hydrogens is 432 g/mol. The first kappa shape index (κ1) is 32.7. The van der Waals surface area contributed by atoms with Crippen molar-refractivity contribution in [2.75, 3.05) is 13.7 Å². The maximum atomic E-state index is 13.2. The van der Waals surface area contributed by atoms with Crippen LogP contribution in [0.4, 0.5) is 4.79 Å². The molecule has 1 saturated heterocycles. The van der Waals surface area contributed by atoms with Crippen LogP contribution in [0.1, 0.15) is 115 Å². The summed E-state index contributed by atoms with van der Waals surface area (Å²) in [4.78, 5) is 27.7. The van der Waals surface area contributed by atoms with E-state index in [2.05, 4.69) is 33.0 Å². The Hall–Kier alpha value is -1.34. The quantitative estimate of drug-likeness (QED) is 0.383. The number of methoxy groups -OCH3 is 1. The fraction of sp³-hybridized carbons (Fsp3) is 0.926. The van der Waals surface area contributed by atoms with Crippen LogP contribution in [0.25, 0.3) is 0 Å². The molecule has 0 bridgehead atoms. The summed E-state index contributed by atoms with van der Waals surface area (Å²) in [5.41, 5.74) is -1.98. The summed E-state index contributed by atoms with van der Waals surface area (Å²) in [6.07, 6.45) is 3.26. The molecular formula is C27H54N2O5. The lowest BCUT2D eigenvalue weighted by atomic mass is 9.88. The Labute approximate surface area is 209 Å². The van der Waals surface area contributed by atoms with Crippen LogP contribution in [0.5, 0.6) is 0 Å². The van der Waals surface area contributed by atoms with Gasteiger partial charge in [0.1, 0.15) is 11.6 Å². The highest BCUT2D eigenvalue weighted by Gasteiger charge is 2.41. The summed E-state index contributed by atoms with van der Waals surface area (Å²) in [6, 6.07) is -0.522. The second-order valence-electron chi connectivity index (χ2n) is 11.8. The van der Waals surface area contributed by atoms with Gasteiger partial charge in [0.15, 0.2) is 0 Å². The molecule has 1 heterocycles. The number of nitrogens with one attached hydrogen (secondary N) is 1. The number of rotatable bonds is 11. The number of ether oxygens (including phenoxy) is 3. The van der Waals surface area contributed by atoms with Gasteiger partial charge in [-0.05, 0) is 88.0 Å². The fourth-order valence-electron chi connectivity index (χ4n) is 4.88. The molecule has 0 radical (unpaired) electrons. The molecule has 0 saturated carbocycles. The van der Waals surface area contributed by atoms with Gasteiger partial charge in [0, 0.05) is 25.6 Å². The van der Waals surface area contributed by atoms with Crippen molar-refractivity contribution in [1.29, 1.82) is 0 Å². The molecule has 0 aromatic carbocycles. The van der Waals surface area contributed by atoms with Crippen molar-refractivity contribution in [3.63, 3.8) is 0 Å². The zero-order valence-corrected chi connectivity index (χ0v) is 24.4. The topological polar surface area (TPSA) is 77.1 Å². The maximum Gasteiger partial charge on any atom is 0.410 e. The first-order valence-corrected chi connectivity index (χ1v) is 13.0. The van der Waals surface area contributed by atoms with Gasteiger partial charge in [-0.15, -0.1) is 0 Å². The van der Waals surface area contributed by atoms with Gasteiger partial charge in [0.2, 0.25) is 5.91 Å². The number of nitrogens with zero attached hydrogens (tertiary/aromatic N) is 1. The Balaban J connectivity index is 0.00000529. The second-order valence-corrected chi connectivity index (χ2v) is 11.8. The lowest BCUT2D eigenvalue weighted by molar-refractivity contribution is -0.129. The zero-order chi connectivity index (χ0) is 27.0. The van der Waals surface area contributed by atoms with Gasteiger partial charge in [-0.3, -0.25) is 9.69 Å². The van der Waals surface area contributed by atoms with E-state index in [1.54, 1.807) is 12.0 Å². The van der Waals surface area contributed by atoms with Gasteiger partial charge in [-0.1, -0.05) is 20.8 Å². The first-order chi connectivity index (χ1) is 15.4. The fourth-order valence-corrected chi connectivity index (χ4v) is 4.88. The van der Waals surface area contributed by atoms with Crippen LogP contribution in [0, 0.1) is 0 Å². The van der Waals surface area contributed by atoms with Crippen LogP contribution in [-0.4, -0.2) is 65.0 Å². The van der Waals surface area contributed by atoms with E-state index in [-0.39, 0.29) is 17.6 Å². The van der Waals surface area contributed by atoms with E-state index in [9.17, 15) is 9.59 Å². The molecule has 1 aliphatic heterocycles. The Bertz CT molecular complexity index is 643. The largest absolute Gasteiger partial charge is 0.443 e. The predicted octanol–water partition coefficient (Wildman–Crippen LogP) is 6.09. The number of hydrogen-bond acceptors (Lipinski definition) is 5. The highest BCUT2D eigenvalue weighted by atomic mass is 16.6. The van der Waals surface area contributed by atoms with Crippen molar-refractivity contribution >= 4 is 12.0 Å². The van der Waals surface area contributed by atoms with Crippen molar-refractivity contribution in [3.05, 3.63) is 0 Å². The third-order valence-corrected chi connectivity index (χ3v) is 5.98. The minimum atomic E-state index is -0.711. The van der Waals surface area contributed by atoms with Gasteiger partial charge in [0.05, 0.1) is 17.3 Å². The molecule has 7 heteroatoms. The van der Waals surface area contributed by atoms with Crippen molar-refractivity contribution in [3.8, 4) is 0 Å². The summed E-state index contributed by atoms with van der Waals surface area (Å²) < 4.78 is 17.4. The maximum absolute atomic E-state index is 13.2. The molecule has 1 aliphatic rings. The highest BCUT2D eigenvalue weighted by Crippen LogP contribution is 2.29. The summed E-state index contributed by atoms with van der Waals surface area (Å²) in [5.74, 6) is -0.140. The summed E-state index contributed by atoms with van der Waals surface area (Å²) >= 11 is 0. The standard InChI is InChI=1S/C25H48N2O5.C2H6/c1-12-18(2)31-24(7,8)16-22(3,4)26-20(28)19-14-13-15-27(19)21(29)32-25(9,10)17-23(5,6)30-11;1-2/h18-19H,12-17H2,1-11H3,(H,26,28);1-2H3. The molecule has 0 spiro atoms. The van der Waals surface area contributed by atoms with Crippen molar-refractivity contribution < 1.29 is 23.8 Å². The van der Waals surface area contributed by atoms with Crippen LogP contribution in [-0.2, 0) is 19.0 Å². The average Bonchev–Trinajstić information content (AvgIpc) is 3.16. The Morgan fingerprint density at radius 1 is 0.971 bits per heavy atom. The third kappa shape index (κ3) is 11.4. The molecule has 1 N–H and O–H groups in total. The molecule has 0 aromatic rings. The van der Waals surface area contributed by atoms with Crippen molar-refractivity contribution in [2.45, 2.75) is 150 Å². The van der Waals surface area contributed by atoms with Crippen LogP contribution < -0.4 is 5.32 Å². The van der Waals surface area contributed by atoms with Gasteiger partial charge >= 0.3 is 6.09 Å². The van der Waals surface area contributed by atoms with Crippen LogP contribution in [0.3, 0.4) is 0 Å². The molecule has 34 heavy (non-hydrogen) atoms. The number of amides is 2. The number of likely N-dealkylation sites (tertiary alicyclic amines) is 1. The zero-order valence-electron chi connectivity index (χ0n) is 24.4. The Kier molecular flexibility index (Phi) is 12.6. The minimum absolute atomic E-state index is 0.140. The smallest absolute Gasteiger partial charge is 0.410 e. The molecule has 1 rings (SSSR count). The molecule has 2 unspecified atom stereocenters. The normalized spacial score (nSPS) is 18.1. The predicted molar refractivity (Wildman–Crippen MR) is 139 cm³/mol. The molecule has 0 aliphatic carbocycles. The Morgan fingerprint density at radius 3 is 2.03 bits per heavy atom. The lowest BCUT2D eigenvalue weighted by Gasteiger charge is -2.38. The van der Waals surface area contributed by atoms with Gasteiger partial charge in [-0.25, -0.2) is 4.79 Å². The molecule has 0 aromatic heterocycles. The Morgan fingerprint density at radius 2 is 1.53 bits per heavy atom. The highest BCUT2D eigenvalue weighted by molar-refractivity contribution is 5.86. The first-order valence-electron chi connectivity index (χ1n) is 13.0. The summed E-state index contributed by atoms with van der Waals surface area (Å²) in [6.45, 7) is 24.4. The van der Waals surface area contributed by atoms with Crippen molar-refractivity contribution in [2.24, 2.45) is 0 Å². The third-order valence-electron chi connectivity index (χ3n) is 5.98. The number of hydrogen-bond donors (Lipinski definition) is 1. The van der Waals surface area contributed by atoms with Crippen molar-refractivity contribution in [1.82, 2.24) is 10.2 Å². The molecule has 202 valence electrons. The van der Waals surface area contributed by atoms with Gasteiger partial charge in [0.25, 0.3) is 0 Å². The molecule has 2 atom stereocenters. The summed E-state index contributed by atoms with van der Waals surface area (Å²) in [5, 5.41) is 3.15. The minimum Gasteiger partial charge on any atom is -0.443 e. The van der Waals surface area contributed by atoms with Gasteiger partial charge in [-0.2, -0.15) is 0 Å².